The zero-order valence-corrected chi connectivity index (χ0v) is 11.4. The lowest BCUT2D eigenvalue weighted by atomic mass is 10.1. The number of esters is 1. The topological polar surface area (TPSA) is 35.5 Å². The molecule has 0 bridgehead atoms. The Morgan fingerprint density at radius 1 is 1.05 bits per heavy atom. The van der Waals surface area contributed by atoms with Gasteiger partial charge in [0.15, 0.2) is 6.61 Å². The number of carbonyl (C=O) groups is 1. The van der Waals surface area contributed by atoms with E-state index in [1.807, 2.05) is 0 Å². The summed E-state index contributed by atoms with van der Waals surface area (Å²) in [5, 5.41) is 0. The average Bonchev–Trinajstić information content (AvgIpc) is 2.53. The summed E-state index contributed by atoms with van der Waals surface area (Å²) in [7, 11) is 1.27. The molecule has 0 saturated heterocycles. The molecule has 21 heavy (non-hydrogen) atoms. The van der Waals surface area contributed by atoms with Gasteiger partial charge in [0, 0.05) is 5.56 Å². The summed E-state index contributed by atoms with van der Waals surface area (Å²) >= 11 is 0. The van der Waals surface area contributed by atoms with E-state index in [9.17, 15) is 13.6 Å². The summed E-state index contributed by atoms with van der Waals surface area (Å²) in [4.78, 5) is 11.2. The molecule has 0 aliphatic carbocycles. The van der Waals surface area contributed by atoms with E-state index in [1.165, 1.54) is 43.5 Å². The number of ether oxygens (including phenoxy) is 2. The minimum atomic E-state index is -3.08. The number of hydrogen-bond acceptors (Lipinski definition) is 3. The average molecular weight is 292 g/mol. The van der Waals surface area contributed by atoms with Crippen LogP contribution in [0, 0.1) is 0 Å². The van der Waals surface area contributed by atoms with Crippen LogP contribution in [-0.4, -0.2) is 19.7 Å². The lowest BCUT2D eigenvalue weighted by Gasteiger charge is -2.17. The highest BCUT2D eigenvalue weighted by molar-refractivity contribution is 5.89. The number of methoxy groups -OCH3 is 1. The van der Waals surface area contributed by atoms with E-state index in [4.69, 9.17) is 4.74 Å². The fourth-order valence-corrected chi connectivity index (χ4v) is 1.74. The smallest absolute Gasteiger partial charge is 0.337 e. The van der Waals surface area contributed by atoms with E-state index < -0.39 is 18.5 Å². The van der Waals surface area contributed by atoms with Crippen molar-refractivity contribution < 1.29 is 23.0 Å². The summed E-state index contributed by atoms with van der Waals surface area (Å²) in [5.41, 5.74) is 0.232. The first-order chi connectivity index (χ1) is 10.0. The van der Waals surface area contributed by atoms with Crippen LogP contribution in [0.2, 0.25) is 0 Å². The Bertz CT molecular complexity index is 595. The highest BCUT2D eigenvalue weighted by atomic mass is 19.3. The molecule has 0 radical (unpaired) electrons. The molecule has 0 heterocycles. The molecule has 3 nitrogen and oxygen atoms in total. The molecule has 2 aromatic carbocycles. The van der Waals surface area contributed by atoms with Crippen LogP contribution in [0.1, 0.15) is 15.9 Å². The van der Waals surface area contributed by atoms with Crippen molar-refractivity contribution in [3.05, 3.63) is 65.7 Å². The molecule has 0 aliphatic heterocycles. The van der Waals surface area contributed by atoms with E-state index >= 15 is 0 Å². The van der Waals surface area contributed by atoms with Gasteiger partial charge in [-0.05, 0) is 24.3 Å². The normalized spacial score (nSPS) is 11.0. The first-order valence-corrected chi connectivity index (χ1v) is 6.27. The summed E-state index contributed by atoms with van der Waals surface area (Å²) in [6, 6.07) is 13.3. The monoisotopic (exact) mass is 292 g/mol. The van der Waals surface area contributed by atoms with Crippen molar-refractivity contribution >= 4 is 5.97 Å². The Morgan fingerprint density at radius 2 is 1.67 bits per heavy atom. The van der Waals surface area contributed by atoms with Gasteiger partial charge in [0.2, 0.25) is 0 Å². The van der Waals surface area contributed by atoms with E-state index in [0.717, 1.165) is 0 Å². The predicted molar refractivity (Wildman–Crippen MR) is 73.6 cm³/mol. The zero-order valence-electron chi connectivity index (χ0n) is 11.4. The van der Waals surface area contributed by atoms with Gasteiger partial charge in [0.25, 0.3) is 0 Å². The molecule has 2 aromatic rings. The molecular formula is C16H14F2O3. The van der Waals surface area contributed by atoms with Crippen LogP contribution in [0.5, 0.6) is 5.75 Å². The molecule has 110 valence electrons. The number of benzene rings is 2. The van der Waals surface area contributed by atoms with Crippen LogP contribution in [0.15, 0.2) is 54.6 Å². The number of rotatable bonds is 5. The third kappa shape index (κ3) is 3.78. The third-order valence-electron chi connectivity index (χ3n) is 2.89. The van der Waals surface area contributed by atoms with Gasteiger partial charge < -0.3 is 9.47 Å². The first kappa shape index (κ1) is 15.0. The lowest BCUT2D eigenvalue weighted by molar-refractivity contribution is -0.0467. The molecule has 0 fully saturated rings. The van der Waals surface area contributed by atoms with Crippen molar-refractivity contribution in [1.82, 2.24) is 0 Å². The van der Waals surface area contributed by atoms with Crippen molar-refractivity contribution in [2.45, 2.75) is 5.92 Å². The predicted octanol–water partition coefficient (Wildman–Crippen LogP) is 3.64. The summed E-state index contributed by atoms with van der Waals surface area (Å²) in [6.07, 6.45) is 0. The standard InChI is InChI=1S/C16H14F2O3/c1-20-15(19)12-7-9-14(10-8-12)21-11-16(17,18)13-5-3-2-4-6-13/h2-10H,11H2,1H3. The largest absolute Gasteiger partial charge is 0.487 e. The fourth-order valence-electron chi connectivity index (χ4n) is 1.74. The van der Waals surface area contributed by atoms with Crippen molar-refractivity contribution in [3.63, 3.8) is 0 Å². The van der Waals surface area contributed by atoms with E-state index in [1.54, 1.807) is 18.2 Å². The zero-order chi connectivity index (χ0) is 15.3. The molecule has 0 atom stereocenters. The van der Waals surface area contributed by atoms with Gasteiger partial charge in [-0.25, -0.2) is 4.79 Å². The van der Waals surface area contributed by atoms with Crippen LogP contribution in [0.4, 0.5) is 8.78 Å². The fraction of sp³-hybridized carbons (Fsp3) is 0.188. The molecule has 0 aromatic heterocycles. The van der Waals surface area contributed by atoms with Crippen LogP contribution in [0.25, 0.3) is 0 Å². The number of hydrogen-bond donors (Lipinski definition) is 0. The van der Waals surface area contributed by atoms with Crippen molar-refractivity contribution in [2.24, 2.45) is 0 Å². The van der Waals surface area contributed by atoms with Crippen molar-refractivity contribution in [3.8, 4) is 5.75 Å². The Kier molecular flexibility index (Phi) is 4.52. The first-order valence-electron chi connectivity index (χ1n) is 6.27. The van der Waals surface area contributed by atoms with Crippen LogP contribution >= 0.6 is 0 Å². The van der Waals surface area contributed by atoms with E-state index in [2.05, 4.69) is 4.74 Å². The van der Waals surface area contributed by atoms with Gasteiger partial charge in [-0.2, -0.15) is 8.78 Å². The molecule has 0 saturated carbocycles. The minimum absolute atomic E-state index is 0.101. The molecule has 0 spiro atoms. The molecule has 2 rings (SSSR count). The number of halogens is 2. The maximum atomic E-state index is 13.9. The Morgan fingerprint density at radius 3 is 2.24 bits per heavy atom. The molecule has 0 unspecified atom stereocenters. The maximum Gasteiger partial charge on any atom is 0.337 e. The molecule has 0 amide bonds. The van der Waals surface area contributed by atoms with Gasteiger partial charge in [0.1, 0.15) is 5.75 Å². The highest BCUT2D eigenvalue weighted by Crippen LogP contribution is 2.28. The molecular weight excluding hydrogens is 278 g/mol. The highest BCUT2D eigenvalue weighted by Gasteiger charge is 2.32. The van der Waals surface area contributed by atoms with Gasteiger partial charge in [-0.15, -0.1) is 0 Å². The second kappa shape index (κ2) is 6.35. The molecule has 0 aliphatic rings. The number of alkyl halides is 2. The van der Waals surface area contributed by atoms with Crippen LogP contribution in [-0.2, 0) is 10.7 Å². The van der Waals surface area contributed by atoms with Gasteiger partial charge >= 0.3 is 11.9 Å². The molecule has 0 N–H and O–H groups in total. The Balaban J connectivity index is 2.01. The minimum Gasteiger partial charge on any atom is -0.487 e. The van der Waals surface area contributed by atoms with Crippen LogP contribution < -0.4 is 4.74 Å². The summed E-state index contributed by atoms with van der Waals surface area (Å²) < 4.78 is 37.4. The number of carbonyl (C=O) groups excluding carboxylic acids is 1. The second-order valence-electron chi connectivity index (χ2n) is 4.38. The third-order valence-corrected chi connectivity index (χ3v) is 2.89. The van der Waals surface area contributed by atoms with Gasteiger partial charge in [0.05, 0.1) is 12.7 Å². The SMILES string of the molecule is COC(=O)c1ccc(OCC(F)(F)c2ccccc2)cc1. The van der Waals surface area contributed by atoms with E-state index in [0.29, 0.717) is 5.56 Å². The Hall–Kier alpha value is -2.43. The maximum absolute atomic E-state index is 13.9. The summed E-state index contributed by atoms with van der Waals surface area (Å²) in [5.74, 6) is -3.31. The van der Waals surface area contributed by atoms with E-state index in [-0.39, 0.29) is 11.3 Å². The summed E-state index contributed by atoms with van der Waals surface area (Å²) in [6.45, 7) is -0.769. The lowest BCUT2D eigenvalue weighted by Crippen LogP contribution is -2.23. The van der Waals surface area contributed by atoms with Gasteiger partial charge in [-0.1, -0.05) is 30.3 Å². The molecule has 5 heteroatoms. The quantitative estimate of drug-likeness (QED) is 0.789. The van der Waals surface area contributed by atoms with Crippen LogP contribution in [0.3, 0.4) is 0 Å². The van der Waals surface area contributed by atoms with Gasteiger partial charge in [-0.3, -0.25) is 0 Å². The van der Waals surface area contributed by atoms with Crippen molar-refractivity contribution in [1.29, 1.82) is 0 Å². The van der Waals surface area contributed by atoms with Crippen molar-refractivity contribution in [2.75, 3.05) is 13.7 Å². The second-order valence-corrected chi connectivity index (χ2v) is 4.38. The Labute approximate surface area is 121 Å².